The molecule has 0 amide bonds. The molecule has 0 radical (unpaired) electrons. The van der Waals surface area contributed by atoms with Crippen molar-refractivity contribution in [1.29, 1.82) is 0 Å². The highest BCUT2D eigenvalue weighted by Crippen LogP contribution is 2.32. The lowest BCUT2D eigenvalue weighted by Crippen LogP contribution is -2.21. The summed E-state index contributed by atoms with van der Waals surface area (Å²) < 4.78 is 40.6. The third-order valence-electron chi connectivity index (χ3n) is 2.92. The molecular formula is C14H11BrF3NO. The van der Waals surface area contributed by atoms with Crippen LogP contribution in [0.15, 0.2) is 45.8 Å². The van der Waals surface area contributed by atoms with E-state index in [-0.39, 0.29) is 17.7 Å². The summed E-state index contributed by atoms with van der Waals surface area (Å²) in [5, 5.41) is 0. The topological polar surface area (TPSA) is 22.0 Å². The van der Waals surface area contributed by atoms with Gasteiger partial charge in [0.2, 0.25) is 0 Å². The molecule has 20 heavy (non-hydrogen) atoms. The summed E-state index contributed by atoms with van der Waals surface area (Å²) in [7, 11) is 0. The number of rotatable bonds is 2. The van der Waals surface area contributed by atoms with Crippen LogP contribution in [-0.2, 0) is 12.7 Å². The molecule has 2 nitrogen and oxygen atoms in total. The SMILES string of the molecule is Cc1cn(Cc2ccccc2C(F)(F)F)c(=O)cc1Br. The smallest absolute Gasteiger partial charge is 0.311 e. The van der Waals surface area contributed by atoms with Crippen LogP contribution in [0.4, 0.5) is 13.2 Å². The van der Waals surface area contributed by atoms with Gasteiger partial charge in [-0.1, -0.05) is 34.1 Å². The monoisotopic (exact) mass is 345 g/mol. The molecule has 1 aromatic heterocycles. The predicted octanol–water partition coefficient (Wildman–Crippen LogP) is 3.99. The minimum atomic E-state index is -4.43. The molecule has 1 heterocycles. The maximum atomic E-state index is 12.9. The van der Waals surface area contributed by atoms with Crippen LogP contribution >= 0.6 is 15.9 Å². The van der Waals surface area contributed by atoms with Gasteiger partial charge in [0, 0.05) is 16.7 Å². The van der Waals surface area contributed by atoms with Crippen molar-refractivity contribution < 1.29 is 13.2 Å². The summed E-state index contributed by atoms with van der Waals surface area (Å²) in [5.74, 6) is 0. The van der Waals surface area contributed by atoms with E-state index in [9.17, 15) is 18.0 Å². The molecule has 0 saturated carbocycles. The Hall–Kier alpha value is -1.56. The molecule has 6 heteroatoms. The number of hydrogen-bond donors (Lipinski definition) is 0. The van der Waals surface area contributed by atoms with Gasteiger partial charge in [-0.3, -0.25) is 4.79 Å². The lowest BCUT2D eigenvalue weighted by molar-refractivity contribution is -0.138. The van der Waals surface area contributed by atoms with Crippen LogP contribution in [0.3, 0.4) is 0 Å². The quantitative estimate of drug-likeness (QED) is 0.806. The second-order valence-electron chi connectivity index (χ2n) is 4.43. The van der Waals surface area contributed by atoms with Gasteiger partial charge in [0.15, 0.2) is 0 Å². The fraction of sp³-hybridized carbons (Fsp3) is 0.214. The van der Waals surface area contributed by atoms with E-state index in [4.69, 9.17) is 0 Å². The van der Waals surface area contributed by atoms with Crippen LogP contribution in [0.25, 0.3) is 0 Å². The van der Waals surface area contributed by atoms with Crippen molar-refractivity contribution in [1.82, 2.24) is 4.57 Å². The summed E-state index contributed by atoms with van der Waals surface area (Å²) in [6, 6.07) is 6.62. The number of aromatic nitrogens is 1. The summed E-state index contributed by atoms with van der Waals surface area (Å²) >= 11 is 3.22. The molecule has 0 saturated heterocycles. The largest absolute Gasteiger partial charge is 0.416 e. The standard InChI is InChI=1S/C14H11BrF3NO/c1-9-7-19(13(20)6-12(9)15)8-10-4-2-3-5-11(10)14(16,17)18/h2-7H,8H2,1H3. The molecule has 0 fully saturated rings. The van der Waals surface area contributed by atoms with Gasteiger partial charge < -0.3 is 4.57 Å². The fourth-order valence-corrected chi connectivity index (χ4v) is 2.20. The van der Waals surface area contributed by atoms with Crippen LogP contribution in [0.1, 0.15) is 16.7 Å². The number of pyridine rings is 1. The number of nitrogens with zero attached hydrogens (tertiary/aromatic N) is 1. The van der Waals surface area contributed by atoms with Gasteiger partial charge in [0.1, 0.15) is 0 Å². The molecule has 106 valence electrons. The van der Waals surface area contributed by atoms with Crippen molar-refractivity contribution in [3.8, 4) is 0 Å². The predicted molar refractivity (Wildman–Crippen MR) is 73.7 cm³/mol. The molecule has 2 rings (SSSR count). The molecule has 0 aliphatic carbocycles. The van der Waals surface area contributed by atoms with Crippen LogP contribution in [0.2, 0.25) is 0 Å². The molecule has 0 spiro atoms. The highest BCUT2D eigenvalue weighted by atomic mass is 79.9. The van der Waals surface area contributed by atoms with Gasteiger partial charge >= 0.3 is 6.18 Å². The molecule has 0 atom stereocenters. The number of hydrogen-bond acceptors (Lipinski definition) is 1. The third-order valence-corrected chi connectivity index (χ3v) is 3.78. The zero-order valence-corrected chi connectivity index (χ0v) is 12.1. The van der Waals surface area contributed by atoms with E-state index >= 15 is 0 Å². The zero-order chi connectivity index (χ0) is 14.9. The number of halogens is 4. The second-order valence-corrected chi connectivity index (χ2v) is 5.28. The Morgan fingerprint density at radius 3 is 2.55 bits per heavy atom. The molecule has 0 aliphatic rings. The molecule has 0 aliphatic heterocycles. The maximum Gasteiger partial charge on any atom is 0.416 e. The highest BCUT2D eigenvalue weighted by molar-refractivity contribution is 9.10. The van der Waals surface area contributed by atoms with Crippen LogP contribution in [0, 0.1) is 6.92 Å². The fourth-order valence-electron chi connectivity index (χ4n) is 1.91. The first-order valence-corrected chi connectivity index (χ1v) is 6.60. The Morgan fingerprint density at radius 1 is 1.25 bits per heavy atom. The molecular weight excluding hydrogens is 335 g/mol. The Bertz CT molecular complexity index is 692. The molecule has 0 bridgehead atoms. The first-order valence-electron chi connectivity index (χ1n) is 5.81. The first kappa shape index (κ1) is 14.8. The van der Waals surface area contributed by atoms with Crippen LogP contribution in [-0.4, -0.2) is 4.57 Å². The van der Waals surface area contributed by atoms with Gasteiger partial charge in [-0.2, -0.15) is 13.2 Å². The van der Waals surface area contributed by atoms with E-state index < -0.39 is 11.7 Å². The Kier molecular flexibility index (Phi) is 4.04. The Balaban J connectivity index is 2.46. The summed E-state index contributed by atoms with van der Waals surface area (Å²) in [5.41, 5.74) is -0.204. The molecule has 0 N–H and O–H groups in total. The van der Waals surface area contributed by atoms with Crippen molar-refractivity contribution in [3.05, 3.63) is 68.0 Å². The van der Waals surface area contributed by atoms with Crippen LogP contribution < -0.4 is 5.56 Å². The average Bonchev–Trinajstić information content (AvgIpc) is 2.35. The maximum absolute atomic E-state index is 12.9. The van der Waals surface area contributed by atoms with E-state index in [0.29, 0.717) is 4.47 Å². The summed E-state index contributed by atoms with van der Waals surface area (Å²) in [6.45, 7) is 1.67. The van der Waals surface area contributed by atoms with Gasteiger partial charge in [0.25, 0.3) is 5.56 Å². The molecule has 0 unspecified atom stereocenters. The lowest BCUT2D eigenvalue weighted by atomic mass is 10.1. The second kappa shape index (κ2) is 5.44. The average molecular weight is 346 g/mol. The third kappa shape index (κ3) is 3.12. The van der Waals surface area contributed by atoms with Crippen LogP contribution in [0.5, 0.6) is 0 Å². The lowest BCUT2D eigenvalue weighted by Gasteiger charge is -2.14. The summed E-state index contributed by atoms with van der Waals surface area (Å²) in [6.07, 6.45) is -2.88. The van der Waals surface area contributed by atoms with E-state index in [0.717, 1.165) is 11.6 Å². The normalized spacial score (nSPS) is 11.7. The minimum absolute atomic E-state index is 0.0730. The van der Waals surface area contributed by atoms with Gasteiger partial charge in [-0.05, 0) is 24.1 Å². The van der Waals surface area contributed by atoms with E-state index in [1.807, 2.05) is 0 Å². The summed E-state index contributed by atoms with van der Waals surface area (Å²) in [4.78, 5) is 11.8. The van der Waals surface area contributed by atoms with Crippen molar-refractivity contribution >= 4 is 15.9 Å². The minimum Gasteiger partial charge on any atom is -0.311 e. The van der Waals surface area contributed by atoms with E-state index in [1.54, 1.807) is 13.1 Å². The van der Waals surface area contributed by atoms with E-state index in [1.165, 1.54) is 28.8 Å². The van der Waals surface area contributed by atoms with Gasteiger partial charge in [0.05, 0.1) is 12.1 Å². The molecule has 1 aromatic carbocycles. The zero-order valence-electron chi connectivity index (χ0n) is 10.5. The van der Waals surface area contributed by atoms with Gasteiger partial charge in [-0.25, -0.2) is 0 Å². The van der Waals surface area contributed by atoms with Crippen molar-refractivity contribution in [2.75, 3.05) is 0 Å². The van der Waals surface area contributed by atoms with Crippen molar-refractivity contribution in [2.24, 2.45) is 0 Å². The first-order chi connectivity index (χ1) is 9.29. The highest BCUT2D eigenvalue weighted by Gasteiger charge is 2.32. The van der Waals surface area contributed by atoms with Crippen molar-refractivity contribution in [2.45, 2.75) is 19.6 Å². The molecule has 2 aromatic rings. The van der Waals surface area contributed by atoms with E-state index in [2.05, 4.69) is 15.9 Å². The number of aryl methyl sites for hydroxylation is 1. The van der Waals surface area contributed by atoms with Crippen molar-refractivity contribution in [3.63, 3.8) is 0 Å². The Morgan fingerprint density at radius 2 is 1.90 bits per heavy atom. The Labute approximate surface area is 122 Å². The number of benzene rings is 1. The van der Waals surface area contributed by atoms with Gasteiger partial charge in [-0.15, -0.1) is 0 Å². The number of alkyl halides is 3.